The van der Waals surface area contributed by atoms with Crippen LogP contribution in [0.1, 0.15) is 124 Å². The molecule has 1 atom stereocenters. The van der Waals surface area contributed by atoms with Gasteiger partial charge in [0.1, 0.15) is 6.04 Å². The van der Waals surface area contributed by atoms with Crippen LogP contribution in [0.4, 0.5) is 0 Å². The van der Waals surface area contributed by atoms with Gasteiger partial charge in [-0.3, -0.25) is 4.79 Å². The van der Waals surface area contributed by atoms with Crippen LogP contribution in [0.3, 0.4) is 0 Å². The summed E-state index contributed by atoms with van der Waals surface area (Å²) < 4.78 is 4.88. The topological polar surface area (TPSA) is 55.4 Å². The fourth-order valence-electron chi connectivity index (χ4n) is 3.30. The van der Waals surface area contributed by atoms with Crippen molar-refractivity contribution in [3.8, 4) is 0 Å². The Morgan fingerprint density at radius 3 is 1.52 bits per heavy atom. The smallest absolute Gasteiger partial charge is 0.328 e. The first-order valence-electron chi connectivity index (χ1n) is 11.6. The molecular formula is C23H45NO3. The molecule has 0 aliphatic rings. The zero-order valence-corrected chi connectivity index (χ0v) is 18.3. The van der Waals surface area contributed by atoms with Crippen molar-refractivity contribution in [2.24, 2.45) is 0 Å². The van der Waals surface area contributed by atoms with E-state index in [0.717, 1.165) is 12.8 Å². The van der Waals surface area contributed by atoms with Crippen LogP contribution in [0.25, 0.3) is 0 Å². The van der Waals surface area contributed by atoms with Crippen molar-refractivity contribution >= 4 is 11.9 Å². The lowest BCUT2D eigenvalue weighted by atomic mass is 10.0. The summed E-state index contributed by atoms with van der Waals surface area (Å²) in [5, 5.41) is 2.70. The fraction of sp³-hybridized carbons (Fsp3) is 0.913. The highest BCUT2D eigenvalue weighted by atomic mass is 16.5. The van der Waals surface area contributed by atoms with E-state index < -0.39 is 6.04 Å². The minimum Gasteiger partial charge on any atom is -0.464 e. The third-order valence-corrected chi connectivity index (χ3v) is 5.03. The Bertz CT molecular complexity index is 358. The first-order valence-corrected chi connectivity index (χ1v) is 11.6. The zero-order chi connectivity index (χ0) is 20.2. The molecule has 4 heteroatoms. The molecule has 0 aromatic heterocycles. The summed E-state index contributed by atoms with van der Waals surface area (Å²) >= 11 is 0. The van der Waals surface area contributed by atoms with Crippen molar-refractivity contribution in [1.82, 2.24) is 5.32 Å². The lowest BCUT2D eigenvalue weighted by Gasteiger charge is -2.12. The Morgan fingerprint density at radius 2 is 1.11 bits per heavy atom. The third-order valence-electron chi connectivity index (χ3n) is 5.03. The van der Waals surface area contributed by atoms with Gasteiger partial charge in [0.2, 0.25) is 5.91 Å². The highest BCUT2D eigenvalue weighted by Gasteiger charge is 2.15. The number of rotatable bonds is 19. The number of esters is 1. The van der Waals surface area contributed by atoms with Gasteiger partial charge >= 0.3 is 5.97 Å². The summed E-state index contributed by atoms with van der Waals surface area (Å²) in [6, 6.07) is -0.547. The molecular weight excluding hydrogens is 338 g/mol. The number of carbonyl (C=O) groups excluding carboxylic acids is 2. The molecule has 0 aliphatic heterocycles. The molecule has 4 nitrogen and oxygen atoms in total. The van der Waals surface area contributed by atoms with E-state index in [1.807, 2.05) is 0 Å². The van der Waals surface area contributed by atoms with Gasteiger partial charge in [-0.25, -0.2) is 4.79 Å². The van der Waals surface area contributed by atoms with E-state index in [-0.39, 0.29) is 11.9 Å². The number of ether oxygens (including phenoxy) is 1. The molecule has 1 N–H and O–H groups in total. The maximum Gasteiger partial charge on any atom is 0.328 e. The SMILES string of the molecule is CCCCCCCCCCCCCCCCCC(=O)NC(C)C(=O)OCC. The van der Waals surface area contributed by atoms with Gasteiger partial charge in [-0.05, 0) is 20.3 Å². The second kappa shape index (κ2) is 19.7. The van der Waals surface area contributed by atoms with E-state index in [9.17, 15) is 9.59 Å². The number of hydrogen-bond donors (Lipinski definition) is 1. The molecule has 27 heavy (non-hydrogen) atoms. The number of carbonyl (C=O) groups is 2. The molecule has 0 aromatic rings. The third kappa shape index (κ3) is 18.1. The van der Waals surface area contributed by atoms with Crippen molar-refractivity contribution in [1.29, 1.82) is 0 Å². The highest BCUT2D eigenvalue weighted by Crippen LogP contribution is 2.13. The van der Waals surface area contributed by atoms with Crippen molar-refractivity contribution in [2.45, 2.75) is 130 Å². The normalized spacial score (nSPS) is 12.0. The van der Waals surface area contributed by atoms with Crippen LogP contribution < -0.4 is 5.32 Å². The average Bonchev–Trinajstić information content (AvgIpc) is 2.65. The maximum atomic E-state index is 11.8. The van der Waals surface area contributed by atoms with Gasteiger partial charge in [0.25, 0.3) is 0 Å². The molecule has 0 aromatic carbocycles. The summed E-state index contributed by atoms with van der Waals surface area (Å²) in [5.74, 6) is -0.410. The van der Waals surface area contributed by atoms with Gasteiger partial charge in [-0.15, -0.1) is 0 Å². The van der Waals surface area contributed by atoms with Crippen LogP contribution in [0, 0.1) is 0 Å². The Balaban J connectivity index is 3.28. The van der Waals surface area contributed by atoms with Gasteiger partial charge in [-0.2, -0.15) is 0 Å². The van der Waals surface area contributed by atoms with Gasteiger partial charge < -0.3 is 10.1 Å². The molecule has 160 valence electrons. The second-order valence-corrected chi connectivity index (χ2v) is 7.74. The van der Waals surface area contributed by atoms with E-state index in [1.54, 1.807) is 13.8 Å². The molecule has 0 bridgehead atoms. The van der Waals surface area contributed by atoms with Gasteiger partial charge in [0.05, 0.1) is 6.61 Å². The molecule has 0 aliphatic carbocycles. The highest BCUT2D eigenvalue weighted by molar-refractivity contribution is 5.84. The van der Waals surface area contributed by atoms with E-state index in [1.165, 1.54) is 83.5 Å². The predicted molar refractivity (Wildman–Crippen MR) is 114 cm³/mol. The van der Waals surface area contributed by atoms with E-state index in [2.05, 4.69) is 12.2 Å². The summed E-state index contributed by atoms with van der Waals surface area (Å²) in [7, 11) is 0. The number of hydrogen-bond acceptors (Lipinski definition) is 3. The summed E-state index contributed by atoms with van der Waals surface area (Å²) in [5.41, 5.74) is 0. The maximum absolute atomic E-state index is 11.8. The van der Waals surface area contributed by atoms with E-state index in [0.29, 0.717) is 13.0 Å². The second-order valence-electron chi connectivity index (χ2n) is 7.74. The Labute approximate surface area is 168 Å². The van der Waals surface area contributed by atoms with Crippen LogP contribution in [-0.4, -0.2) is 24.5 Å². The Kier molecular flexibility index (Phi) is 18.9. The minimum atomic E-state index is -0.547. The van der Waals surface area contributed by atoms with Crippen LogP contribution >= 0.6 is 0 Å². The number of unbranched alkanes of at least 4 members (excludes halogenated alkanes) is 14. The van der Waals surface area contributed by atoms with Crippen molar-refractivity contribution in [3.05, 3.63) is 0 Å². The molecule has 0 saturated heterocycles. The van der Waals surface area contributed by atoms with Crippen molar-refractivity contribution in [3.63, 3.8) is 0 Å². The average molecular weight is 384 g/mol. The van der Waals surface area contributed by atoms with Crippen LogP contribution in [-0.2, 0) is 14.3 Å². The standard InChI is InChI=1S/C23H45NO3/c1-4-6-7-8-9-10-11-12-13-14-15-16-17-18-19-20-22(25)24-21(3)23(26)27-5-2/h21H,4-20H2,1-3H3,(H,24,25). The molecule has 1 amide bonds. The predicted octanol–water partition coefficient (Wildman–Crippen LogP) is 6.32. The molecule has 0 radical (unpaired) electrons. The molecule has 0 rings (SSSR count). The fourth-order valence-corrected chi connectivity index (χ4v) is 3.30. The number of amides is 1. The molecule has 1 unspecified atom stereocenters. The molecule has 0 saturated carbocycles. The van der Waals surface area contributed by atoms with Gasteiger partial charge in [-0.1, -0.05) is 96.8 Å². The summed E-state index contributed by atoms with van der Waals surface area (Å²) in [4.78, 5) is 23.2. The molecule has 0 fully saturated rings. The van der Waals surface area contributed by atoms with Crippen molar-refractivity contribution < 1.29 is 14.3 Å². The van der Waals surface area contributed by atoms with E-state index >= 15 is 0 Å². The minimum absolute atomic E-state index is 0.0507. The zero-order valence-electron chi connectivity index (χ0n) is 18.3. The van der Waals surface area contributed by atoms with E-state index in [4.69, 9.17) is 4.74 Å². The first kappa shape index (κ1) is 25.9. The monoisotopic (exact) mass is 383 g/mol. The van der Waals surface area contributed by atoms with Gasteiger partial charge in [0, 0.05) is 6.42 Å². The Hall–Kier alpha value is -1.06. The molecule has 0 spiro atoms. The van der Waals surface area contributed by atoms with Crippen LogP contribution in [0.15, 0.2) is 0 Å². The van der Waals surface area contributed by atoms with Crippen molar-refractivity contribution in [2.75, 3.05) is 6.61 Å². The largest absolute Gasteiger partial charge is 0.464 e. The Morgan fingerprint density at radius 1 is 0.704 bits per heavy atom. The number of nitrogens with one attached hydrogen (secondary N) is 1. The molecule has 0 heterocycles. The first-order chi connectivity index (χ1) is 13.1. The summed E-state index contributed by atoms with van der Waals surface area (Å²) in [6.07, 6.45) is 20.3. The lowest BCUT2D eigenvalue weighted by molar-refractivity contribution is -0.146. The van der Waals surface area contributed by atoms with Crippen LogP contribution in [0.5, 0.6) is 0 Å². The summed E-state index contributed by atoms with van der Waals surface area (Å²) in [6.45, 7) is 6.05. The van der Waals surface area contributed by atoms with Gasteiger partial charge in [0.15, 0.2) is 0 Å². The quantitative estimate of drug-likeness (QED) is 0.210. The lowest BCUT2D eigenvalue weighted by Crippen LogP contribution is -2.39. The van der Waals surface area contributed by atoms with Crippen LogP contribution in [0.2, 0.25) is 0 Å².